The Labute approximate surface area is 639 Å². The second-order valence-electron chi connectivity index (χ2n) is 29.2. The number of ether oxygens (including phenoxy) is 4. The number of aliphatic hydroxyl groups is 2. The van der Waals surface area contributed by atoms with Gasteiger partial charge in [0.2, 0.25) is 6.85 Å². The van der Waals surface area contributed by atoms with Crippen molar-refractivity contribution in [3.8, 4) is 0 Å². The number of nitrogens with one attached hydrogen (secondary N) is 6. The molecule has 100 heavy (non-hydrogen) atoms. The highest BCUT2D eigenvalue weighted by Gasteiger charge is 2.38. The Morgan fingerprint density at radius 1 is 0.430 bits per heavy atom. The van der Waals surface area contributed by atoms with Crippen LogP contribution in [0.15, 0.2) is 30.6 Å². The fourth-order valence-corrected chi connectivity index (χ4v) is 13.9. The van der Waals surface area contributed by atoms with Crippen molar-refractivity contribution < 1.29 is 66.4 Å². The van der Waals surface area contributed by atoms with Crippen LogP contribution in [0, 0.1) is 23.7 Å². The van der Waals surface area contributed by atoms with Crippen LogP contribution in [-0.4, -0.2) is 180 Å². The third-order valence-corrected chi connectivity index (χ3v) is 17.6. The van der Waals surface area contributed by atoms with Gasteiger partial charge in [0, 0.05) is 101 Å². The predicted molar refractivity (Wildman–Crippen MR) is 433 cm³/mol. The first kappa shape index (κ1) is 115. The number of carbonyl (C=O) groups excluding carboxylic acids is 4. The number of carbonyl (C=O) groups is 4. The van der Waals surface area contributed by atoms with E-state index in [1.54, 1.807) is 60.9 Å². The van der Waals surface area contributed by atoms with Crippen LogP contribution in [0.1, 0.15) is 235 Å². The summed E-state index contributed by atoms with van der Waals surface area (Å²) < 4.78 is 45.5. The van der Waals surface area contributed by atoms with Gasteiger partial charge in [-0.2, -0.15) is 0 Å². The molecule has 0 aliphatic carbocycles. The summed E-state index contributed by atoms with van der Waals surface area (Å²) in [6.45, 7) is 71.6. The minimum atomic E-state index is -1.41. The molecule has 1 rings (SSSR count). The Morgan fingerprint density at radius 2 is 0.690 bits per heavy atom. The Balaban J connectivity index is -0.000000171. The normalized spacial score (nSPS) is 11.8. The first-order valence-electron chi connectivity index (χ1n) is 34.8. The number of hydrogen-bond acceptors (Lipinski definition) is 18. The summed E-state index contributed by atoms with van der Waals surface area (Å²) in [5, 5.41) is 32.9. The third-order valence-electron chi connectivity index (χ3n) is 10.4. The summed E-state index contributed by atoms with van der Waals surface area (Å²) in [4.78, 5) is 49.0. The molecule has 0 spiro atoms. The van der Waals surface area contributed by atoms with Gasteiger partial charge in [0.05, 0.1) is 33.0 Å². The second kappa shape index (κ2) is 68.6. The zero-order chi connectivity index (χ0) is 80.3. The molecule has 8 N–H and O–H groups in total. The van der Waals surface area contributed by atoms with E-state index in [9.17, 15) is 19.2 Å². The molecule has 0 bridgehead atoms. The molecule has 0 aliphatic heterocycles. The molecule has 0 aromatic carbocycles. The van der Waals surface area contributed by atoms with Crippen molar-refractivity contribution in [1.29, 1.82) is 0 Å². The highest BCUT2D eigenvalue weighted by atomic mass is 36.0. The third kappa shape index (κ3) is 95.1. The molecule has 1 atom stereocenters. The first-order valence-corrected chi connectivity index (χ1v) is 44.4. The average molecular weight is 1610 g/mol. The van der Waals surface area contributed by atoms with Crippen molar-refractivity contribution >= 4 is 110 Å². The molecule has 0 radical (unpaired) electrons. The van der Waals surface area contributed by atoms with Crippen molar-refractivity contribution in [2.24, 2.45) is 23.7 Å². The van der Waals surface area contributed by atoms with E-state index in [-0.39, 0.29) is 32.5 Å². The lowest BCUT2D eigenvalue weighted by Gasteiger charge is -2.41. The number of hydrogen-bond donors (Lipinski definition) is 8. The lowest BCUT2D eigenvalue weighted by atomic mass is 9.99. The molecule has 4 amide bonds. The average Bonchev–Trinajstić information content (AvgIpc) is 0.830. The summed E-state index contributed by atoms with van der Waals surface area (Å²) in [6, 6.07) is 8.88. The molecular formula is C69H147Cl5N8O14P4. The molecule has 31 heteroatoms. The lowest BCUT2D eigenvalue weighted by molar-refractivity contribution is 0.0507. The van der Waals surface area contributed by atoms with E-state index in [0.717, 1.165) is 0 Å². The molecule has 1 aromatic rings. The smallest absolute Gasteiger partial charge is 0.407 e. The summed E-state index contributed by atoms with van der Waals surface area (Å²) in [5.74, 6) is 1.13. The van der Waals surface area contributed by atoms with Crippen LogP contribution < -0.4 is 31.9 Å². The largest absolute Gasteiger partial charge is 0.444 e. The Kier molecular flexibility index (Phi) is 78.7. The Hall–Kier alpha value is -0.960. The van der Waals surface area contributed by atoms with Crippen molar-refractivity contribution in [3.63, 3.8) is 0 Å². The minimum absolute atomic E-state index is 0.0702. The van der Waals surface area contributed by atoms with Crippen molar-refractivity contribution in [2.75, 3.05) is 65.8 Å². The van der Waals surface area contributed by atoms with Gasteiger partial charge >= 0.3 is 24.4 Å². The molecule has 602 valence electrons. The maximum absolute atomic E-state index is 11.8. The Morgan fingerprint density at radius 3 is 0.870 bits per heavy atom. The predicted octanol–water partition coefficient (Wildman–Crippen LogP) is 20.7. The number of aromatic nitrogens is 1. The highest BCUT2D eigenvalue weighted by molar-refractivity contribution is 8.20. The quantitative estimate of drug-likeness (QED) is 0.0210. The van der Waals surface area contributed by atoms with E-state index in [1.807, 2.05) is 66.7 Å². The van der Waals surface area contributed by atoms with Gasteiger partial charge in [-0.25, -0.2) is 23.8 Å². The standard InChI is InChI=1S/C21H44NO3P.C15H33N2O4P.C7H14Cl2NO3P.C7H15NO3.2C6H15N.C5H5N.C2H6O.Cl3P/c1-14(2)18(15(3)4)26(19(16(5)6)17(7)8)24-13-12-22-20(23)25-21(9,10)11;1-9-19-22(17(12(2)3)13(4)5)20-11-10-16-14(18)21-15(6,7)8;1-7(2,3)13-6(11)10-4-5-12-14(8)9;1-7(2,3)11-6(10)8-4-5-9;2*1-5(2)7-6(3)4;1-2-4-6-5-3-1;1-2-3;1-4(2)3/h14-19H,12-13H2,1-11H3,(H,22,23);12-13H,9-11H2,1-8H3,(H,16,18);4-5H2,1-3H3,(H,10,11);9H,4-5H2,1-3H3,(H,8,10);2*5-7H,1-4H3;1-5H;3H,2H2,1H3;. The van der Waals surface area contributed by atoms with Crippen LogP contribution in [0.5, 0.6) is 0 Å². The number of halogens is 5. The SMILES string of the molecule is CC(C)(C)OC(=O)NCCO.CC(C)(C)OC(=O)NCCOP(Cl)Cl.CC(C)C(C(C)C)P(OCCNC(=O)OC(C)(C)C)C(C(C)C)C(C)C.CC(C)NC(C)C.CC(C)NC(C)C.CCO.CCOP(OCCNC(=O)OC(C)(C)C)N(C(C)C)C(C)C.ClP(Cl)Cl.c1ccncc1. The summed E-state index contributed by atoms with van der Waals surface area (Å²) in [5.41, 5.74) is -0.814. The lowest BCUT2D eigenvalue weighted by Crippen LogP contribution is -2.36. The fraction of sp³-hybridized carbons (Fsp3) is 0.870. The minimum Gasteiger partial charge on any atom is -0.444 e. The number of aliphatic hydroxyl groups excluding tert-OH is 2. The molecule has 0 saturated carbocycles. The van der Waals surface area contributed by atoms with Gasteiger partial charge in [-0.1, -0.05) is 151 Å². The molecule has 0 aliphatic rings. The van der Waals surface area contributed by atoms with E-state index in [1.165, 1.54) is 0 Å². The van der Waals surface area contributed by atoms with Gasteiger partial charge < -0.3 is 79.2 Å². The van der Waals surface area contributed by atoms with E-state index < -0.39 is 70.2 Å². The van der Waals surface area contributed by atoms with Crippen LogP contribution in [0.25, 0.3) is 0 Å². The maximum Gasteiger partial charge on any atom is 0.407 e. The van der Waals surface area contributed by atoms with Gasteiger partial charge in [-0.05, 0) is 183 Å². The summed E-state index contributed by atoms with van der Waals surface area (Å²) in [6.07, 6.45) is 1.72. The number of amides is 4. The number of nitrogens with zero attached hydrogens (tertiary/aromatic N) is 2. The van der Waals surface area contributed by atoms with E-state index in [2.05, 4.69) is 180 Å². The molecule has 0 fully saturated rings. The van der Waals surface area contributed by atoms with E-state index in [0.29, 0.717) is 111 Å². The van der Waals surface area contributed by atoms with Crippen molar-refractivity contribution in [2.45, 2.75) is 305 Å². The van der Waals surface area contributed by atoms with Crippen LogP contribution in [0.3, 0.4) is 0 Å². The molecule has 22 nitrogen and oxygen atoms in total. The van der Waals surface area contributed by atoms with Gasteiger partial charge in [-0.15, -0.1) is 0 Å². The van der Waals surface area contributed by atoms with E-state index in [4.69, 9.17) is 103 Å². The fourth-order valence-electron chi connectivity index (χ4n) is 8.25. The van der Waals surface area contributed by atoms with Gasteiger partial charge in [0.25, 0.3) is 8.53 Å². The van der Waals surface area contributed by atoms with Crippen LogP contribution in [0.4, 0.5) is 19.2 Å². The van der Waals surface area contributed by atoms with Gasteiger partial charge in [-0.3, -0.25) is 4.98 Å². The second-order valence-corrected chi connectivity index (χ2v) is 40.8. The molecule has 0 saturated heterocycles. The number of rotatable bonds is 29. The zero-order valence-corrected chi connectivity index (χ0v) is 75.6. The van der Waals surface area contributed by atoms with Crippen molar-refractivity contribution in [3.05, 3.63) is 30.6 Å². The maximum atomic E-state index is 11.8. The van der Waals surface area contributed by atoms with E-state index >= 15 is 0 Å². The monoisotopic (exact) mass is 1610 g/mol. The highest BCUT2D eigenvalue weighted by Crippen LogP contribution is 2.57. The van der Waals surface area contributed by atoms with Gasteiger partial charge in [0.1, 0.15) is 22.4 Å². The number of pyridine rings is 1. The van der Waals surface area contributed by atoms with Crippen LogP contribution in [0.2, 0.25) is 0 Å². The zero-order valence-electron chi connectivity index (χ0n) is 68.3. The summed E-state index contributed by atoms with van der Waals surface area (Å²) in [7, 11) is -1.71. The summed E-state index contributed by atoms with van der Waals surface area (Å²) >= 11 is 25.3. The van der Waals surface area contributed by atoms with Crippen molar-refractivity contribution in [1.82, 2.24) is 41.6 Å². The van der Waals surface area contributed by atoms with Crippen LogP contribution in [-0.2, 0) is 37.0 Å². The molecular weight excluding hydrogens is 1470 g/mol. The van der Waals surface area contributed by atoms with Crippen LogP contribution >= 0.6 is 85.7 Å². The topological polar surface area (TPSA) is 271 Å². The first-order chi connectivity index (χ1) is 45.5. The number of alkyl carbamates (subject to hydrolysis) is 4. The molecule has 1 aromatic heterocycles. The Bertz CT molecular complexity index is 1920. The van der Waals surface area contributed by atoms with Gasteiger partial charge in [0.15, 0.2) is 5.98 Å². The molecule has 1 heterocycles. The molecule has 1 unspecified atom stereocenters.